The van der Waals surface area contributed by atoms with Gasteiger partial charge in [-0.05, 0) is 30.4 Å². The van der Waals surface area contributed by atoms with Gasteiger partial charge in [-0.15, -0.1) is 0 Å². The number of alkyl carbamates (subject to hydrolysis) is 1. The van der Waals surface area contributed by atoms with Gasteiger partial charge in [0.05, 0.1) is 6.04 Å². The molecule has 2 amide bonds. The summed E-state index contributed by atoms with van der Waals surface area (Å²) in [6.07, 6.45) is 0.449. The van der Waals surface area contributed by atoms with E-state index >= 15 is 0 Å². The molecule has 1 heterocycles. The van der Waals surface area contributed by atoms with E-state index in [0.717, 1.165) is 11.1 Å². The Labute approximate surface area is 198 Å². The molecule has 0 radical (unpaired) electrons. The van der Waals surface area contributed by atoms with Crippen molar-refractivity contribution in [3.8, 4) is 0 Å². The van der Waals surface area contributed by atoms with E-state index < -0.39 is 30.1 Å². The van der Waals surface area contributed by atoms with Crippen LogP contribution < -0.4 is 5.32 Å². The molecule has 8 heteroatoms. The van der Waals surface area contributed by atoms with Crippen LogP contribution in [0.3, 0.4) is 0 Å². The average Bonchev–Trinajstić information content (AvgIpc) is 3.33. The standard InChI is InChI=1S/C26H30N2O6/c1-18(24(30)28-14-8-13-22(28)25(31)32)15-23(29)21(16-19-9-4-2-5-10-19)27-26(33)34-17-20-11-6-3-7-12-20/h2-7,9-12,18,21-22H,8,13-17H2,1H3,(H,27,33)(H,31,32)/t18-,21+,22+/m1/s1. The van der Waals surface area contributed by atoms with E-state index in [1.807, 2.05) is 60.7 Å². The summed E-state index contributed by atoms with van der Waals surface area (Å²) in [5, 5.41) is 12.0. The highest BCUT2D eigenvalue weighted by Gasteiger charge is 2.37. The summed E-state index contributed by atoms with van der Waals surface area (Å²) in [4.78, 5) is 51.2. The number of carboxylic acids is 1. The number of Topliss-reactive ketones (excluding diaryl/α,β-unsaturated/α-hetero) is 1. The number of nitrogens with one attached hydrogen (secondary N) is 1. The molecule has 2 aromatic carbocycles. The number of amides is 2. The van der Waals surface area contributed by atoms with Gasteiger partial charge in [-0.1, -0.05) is 67.6 Å². The Morgan fingerprint density at radius 3 is 2.26 bits per heavy atom. The number of carbonyl (C=O) groups is 4. The van der Waals surface area contributed by atoms with Gasteiger partial charge in [-0.25, -0.2) is 9.59 Å². The van der Waals surface area contributed by atoms with E-state index in [4.69, 9.17) is 4.74 Å². The topological polar surface area (TPSA) is 113 Å². The molecule has 3 rings (SSSR count). The van der Waals surface area contributed by atoms with Gasteiger partial charge >= 0.3 is 12.1 Å². The first-order valence-electron chi connectivity index (χ1n) is 11.4. The van der Waals surface area contributed by atoms with Gasteiger partial charge in [0.2, 0.25) is 5.91 Å². The maximum Gasteiger partial charge on any atom is 0.408 e. The molecule has 0 unspecified atom stereocenters. The molecule has 0 spiro atoms. The molecule has 34 heavy (non-hydrogen) atoms. The van der Waals surface area contributed by atoms with Crippen molar-refractivity contribution in [2.24, 2.45) is 5.92 Å². The number of aliphatic carboxylic acids is 1. The SMILES string of the molecule is C[C@H](CC(=O)[C@H](Cc1ccccc1)NC(=O)OCc1ccccc1)C(=O)N1CCC[C@H]1C(=O)O. The lowest BCUT2D eigenvalue weighted by atomic mass is 9.94. The van der Waals surface area contributed by atoms with Crippen LogP contribution in [0, 0.1) is 5.92 Å². The fourth-order valence-corrected chi connectivity index (χ4v) is 4.10. The second-order valence-electron chi connectivity index (χ2n) is 8.55. The molecule has 180 valence electrons. The summed E-state index contributed by atoms with van der Waals surface area (Å²) in [5.41, 5.74) is 1.68. The van der Waals surface area contributed by atoms with E-state index in [1.54, 1.807) is 6.92 Å². The number of nitrogens with zero attached hydrogens (tertiary/aromatic N) is 1. The van der Waals surface area contributed by atoms with Crippen molar-refractivity contribution < 1.29 is 29.0 Å². The minimum Gasteiger partial charge on any atom is -0.480 e. The summed E-state index contributed by atoms with van der Waals surface area (Å²) in [7, 11) is 0. The number of carbonyl (C=O) groups excluding carboxylic acids is 3. The van der Waals surface area contributed by atoms with Gasteiger partial charge in [0.25, 0.3) is 0 Å². The summed E-state index contributed by atoms with van der Waals surface area (Å²) >= 11 is 0. The molecule has 1 aliphatic rings. The molecule has 0 aromatic heterocycles. The first-order chi connectivity index (χ1) is 16.3. The fraction of sp³-hybridized carbons (Fsp3) is 0.385. The highest BCUT2D eigenvalue weighted by atomic mass is 16.5. The van der Waals surface area contributed by atoms with E-state index in [2.05, 4.69) is 5.32 Å². The highest BCUT2D eigenvalue weighted by Crippen LogP contribution is 2.22. The van der Waals surface area contributed by atoms with Crippen molar-refractivity contribution >= 4 is 23.8 Å². The van der Waals surface area contributed by atoms with Crippen molar-refractivity contribution in [3.63, 3.8) is 0 Å². The largest absolute Gasteiger partial charge is 0.480 e. The number of rotatable bonds is 10. The summed E-state index contributed by atoms with van der Waals surface area (Å²) in [5.74, 6) is -2.40. The zero-order valence-corrected chi connectivity index (χ0v) is 19.2. The number of carboxylic acid groups (broad SMARTS) is 1. The Kier molecular flexibility index (Phi) is 8.79. The third kappa shape index (κ3) is 6.91. The molecule has 1 saturated heterocycles. The molecule has 0 saturated carbocycles. The zero-order chi connectivity index (χ0) is 24.5. The van der Waals surface area contributed by atoms with Crippen LogP contribution in [0.25, 0.3) is 0 Å². The normalized spacial score (nSPS) is 17.0. The quantitative estimate of drug-likeness (QED) is 0.556. The molecule has 1 aliphatic heterocycles. The fourth-order valence-electron chi connectivity index (χ4n) is 4.10. The average molecular weight is 467 g/mol. The number of ether oxygens (including phenoxy) is 1. The van der Waals surface area contributed by atoms with Crippen molar-refractivity contribution in [3.05, 3.63) is 71.8 Å². The lowest BCUT2D eigenvalue weighted by Crippen LogP contribution is -2.46. The van der Waals surface area contributed by atoms with Gasteiger partial charge in [-0.3, -0.25) is 9.59 Å². The van der Waals surface area contributed by atoms with Crippen molar-refractivity contribution in [1.29, 1.82) is 0 Å². The third-order valence-electron chi connectivity index (χ3n) is 5.93. The van der Waals surface area contributed by atoms with Crippen LogP contribution in [0.5, 0.6) is 0 Å². The maximum atomic E-state index is 13.1. The lowest BCUT2D eigenvalue weighted by Gasteiger charge is -2.25. The molecule has 0 aliphatic carbocycles. The number of likely N-dealkylation sites (tertiary alicyclic amines) is 1. The second kappa shape index (κ2) is 12.0. The van der Waals surface area contributed by atoms with Gasteiger partial charge in [-0.2, -0.15) is 0 Å². The van der Waals surface area contributed by atoms with E-state index in [9.17, 15) is 24.3 Å². The minimum absolute atomic E-state index is 0.0688. The van der Waals surface area contributed by atoms with Crippen molar-refractivity contribution in [1.82, 2.24) is 10.2 Å². The monoisotopic (exact) mass is 466 g/mol. The summed E-state index contributed by atoms with van der Waals surface area (Å²) in [6, 6.07) is 16.7. The first-order valence-corrected chi connectivity index (χ1v) is 11.4. The van der Waals surface area contributed by atoms with Crippen LogP contribution in [-0.2, 0) is 32.1 Å². The summed E-state index contributed by atoms with van der Waals surface area (Å²) < 4.78 is 5.28. The van der Waals surface area contributed by atoms with E-state index in [0.29, 0.717) is 19.4 Å². The predicted molar refractivity (Wildman–Crippen MR) is 125 cm³/mol. The number of ketones is 1. The highest BCUT2D eigenvalue weighted by molar-refractivity contribution is 5.93. The Morgan fingerprint density at radius 2 is 1.65 bits per heavy atom. The molecule has 2 aromatic rings. The van der Waals surface area contributed by atoms with Crippen LogP contribution >= 0.6 is 0 Å². The van der Waals surface area contributed by atoms with E-state index in [1.165, 1.54) is 4.90 Å². The molecular formula is C26H30N2O6. The van der Waals surface area contributed by atoms with Crippen LogP contribution in [0.4, 0.5) is 4.79 Å². The first kappa shape index (κ1) is 25.0. The summed E-state index contributed by atoms with van der Waals surface area (Å²) in [6.45, 7) is 2.05. The Balaban J connectivity index is 1.64. The predicted octanol–water partition coefficient (Wildman–Crippen LogP) is 3.20. The van der Waals surface area contributed by atoms with Crippen molar-refractivity contribution in [2.75, 3.05) is 6.54 Å². The molecule has 2 N–H and O–H groups in total. The van der Waals surface area contributed by atoms with Crippen LogP contribution in [0.1, 0.15) is 37.3 Å². The van der Waals surface area contributed by atoms with E-state index in [-0.39, 0.29) is 31.1 Å². The lowest BCUT2D eigenvalue weighted by molar-refractivity contribution is -0.150. The molecule has 0 bridgehead atoms. The Morgan fingerprint density at radius 1 is 1.03 bits per heavy atom. The molecule has 3 atom stereocenters. The van der Waals surface area contributed by atoms with Gasteiger partial charge in [0.15, 0.2) is 5.78 Å². The minimum atomic E-state index is -1.03. The molecular weight excluding hydrogens is 436 g/mol. The Hall–Kier alpha value is -3.68. The Bertz CT molecular complexity index is 995. The number of hydrogen-bond acceptors (Lipinski definition) is 5. The zero-order valence-electron chi connectivity index (χ0n) is 19.2. The van der Waals surface area contributed by atoms with Crippen LogP contribution in [-0.4, -0.2) is 52.4 Å². The van der Waals surface area contributed by atoms with Gasteiger partial charge in [0, 0.05) is 18.9 Å². The molecule has 8 nitrogen and oxygen atoms in total. The number of hydrogen-bond donors (Lipinski definition) is 2. The maximum absolute atomic E-state index is 13.1. The molecule has 1 fully saturated rings. The number of benzene rings is 2. The van der Waals surface area contributed by atoms with Crippen molar-refractivity contribution in [2.45, 2.75) is 51.3 Å². The van der Waals surface area contributed by atoms with Gasteiger partial charge in [0.1, 0.15) is 12.6 Å². The third-order valence-corrected chi connectivity index (χ3v) is 5.93. The smallest absolute Gasteiger partial charge is 0.408 e. The van der Waals surface area contributed by atoms with Crippen LogP contribution in [0.15, 0.2) is 60.7 Å². The van der Waals surface area contributed by atoms with Gasteiger partial charge < -0.3 is 20.1 Å². The van der Waals surface area contributed by atoms with Crippen LogP contribution in [0.2, 0.25) is 0 Å². The second-order valence-corrected chi connectivity index (χ2v) is 8.55.